The molecule has 5 nitrogen and oxygen atoms in total. The molecule has 0 radical (unpaired) electrons. The highest BCUT2D eigenvalue weighted by Gasteiger charge is 2.45. The summed E-state index contributed by atoms with van der Waals surface area (Å²) >= 11 is 0. The minimum atomic E-state index is -1.66. The van der Waals surface area contributed by atoms with Gasteiger partial charge in [0, 0.05) is 13.7 Å². The molecule has 0 unspecified atom stereocenters. The van der Waals surface area contributed by atoms with E-state index in [4.69, 9.17) is 9.47 Å². The zero-order valence-corrected chi connectivity index (χ0v) is 11.5. The van der Waals surface area contributed by atoms with Crippen molar-refractivity contribution in [3.63, 3.8) is 0 Å². The molecule has 1 heterocycles. The Bertz CT molecular complexity index is 404. The Balaban J connectivity index is 2.20. The zero-order chi connectivity index (χ0) is 13.9. The van der Waals surface area contributed by atoms with Crippen molar-refractivity contribution in [2.75, 3.05) is 27.4 Å². The number of methoxy groups -OCH3 is 2. The normalized spacial score (nSPS) is 30.4. The van der Waals surface area contributed by atoms with Gasteiger partial charge < -0.3 is 19.5 Å². The van der Waals surface area contributed by atoms with Crippen LogP contribution in [0.4, 0.5) is 0 Å². The number of hydrogen-bond acceptors (Lipinski definition) is 4. The largest absolute Gasteiger partial charge is 0.497 e. The number of carbonyl (C=O) groups excluding carboxylic acids is 1. The highest BCUT2D eigenvalue weighted by molar-refractivity contribution is 5.91. The predicted octanol–water partition coefficient (Wildman–Crippen LogP) is 0.845. The highest BCUT2D eigenvalue weighted by Crippen LogP contribution is 2.30. The SMILES string of the molecule is COC[C@@H]1CCCN1C(=O)[C@@]1(O)C=CCC=C1OC. The second kappa shape index (κ2) is 5.75. The molecular formula is C14H21NO4. The topological polar surface area (TPSA) is 59.0 Å². The summed E-state index contributed by atoms with van der Waals surface area (Å²) in [5.41, 5.74) is -1.66. The van der Waals surface area contributed by atoms with Crippen molar-refractivity contribution in [1.29, 1.82) is 0 Å². The monoisotopic (exact) mass is 267 g/mol. The van der Waals surface area contributed by atoms with E-state index in [1.807, 2.05) is 0 Å². The summed E-state index contributed by atoms with van der Waals surface area (Å²) in [4.78, 5) is 14.3. The molecule has 0 spiro atoms. The number of hydrogen-bond donors (Lipinski definition) is 1. The molecule has 0 bridgehead atoms. The lowest BCUT2D eigenvalue weighted by molar-refractivity contribution is -0.148. The van der Waals surface area contributed by atoms with Crippen molar-refractivity contribution < 1.29 is 19.4 Å². The van der Waals surface area contributed by atoms with Gasteiger partial charge in [0.05, 0.1) is 19.8 Å². The van der Waals surface area contributed by atoms with Gasteiger partial charge in [-0.05, 0) is 31.4 Å². The van der Waals surface area contributed by atoms with Crippen molar-refractivity contribution in [2.45, 2.75) is 30.9 Å². The first-order chi connectivity index (χ1) is 9.13. The van der Waals surface area contributed by atoms with Crippen LogP contribution in [0, 0.1) is 0 Å². The molecule has 1 fully saturated rings. The molecule has 5 heteroatoms. The first-order valence-electron chi connectivity index (χ1n) is 6.58. The first-order valence-corrected chi connectivity index (χ1v) is 6.58. The Hall–Kier alpha value is -1.33. The van der Waals surface area contributed by atoms with Crippen LogP contribution in [0.15, 0.2) is 24.0 Å². The highest BCUT2D eigenvalue weighted by atomic mass is 16.5. The van der Waals surface area contributed by atoms with E-state index in [0.29, 0.717) is 25.3 Å². The fraction of sp³-hybridized carbons (Fsp3) is 0.643. The van der Waals surface area contributed by atoms with Crippen LogP contribution in [0.25, 0.3) is 0 Å². The van der Waals surface area contributed by atoms with Crippen LogP contribution in [0.3, 0.4) is 0 Å². The van der Waals surface area contributed by atoms with E-state index in [1.165, 1.54) is 13.2 Å². The van der Waals surface area contributed by atoms with Crippen molar-refractivity contribution in [1.82, 2.24) is 4.90 Å². The maximum atomic E-state index is 12.6. The summed E-state index contributed by atoms with van der Waals surface area (Å²) in [6, 6.07) is 0.0370. The fourth-order valence-electron chi connectivity index (χ4n) is 2.75. The lowest BCUT2D eigenvalue weighted by Crippen LogP contribution is -2.52. The molecule has 19 heavy (non-hydrogen) atoms. The van der Waals surface area contributed by atoms with Crippen molar-refractivity contribution in [3.05, 3.63) is 24.0 Å². The van der Waals surface area contributed by atoms with Gasteiger partial charge in [0.2, 0.25) is 5.60 Å². The van der Waals surface area contributed by atoms with Crippen molar-refractivity contribution in [2.24, 2.45) is 0 Å². The number of carbonyl (C=O) groups is 1. The maximum Gasteiger partial charge on any atom is 0.266 e. The van der Waals surface area contributed by atoms with Gasteiger partial charge in [-0.25, -0.2) is 0 Å². The Labute approximate surface area is 113 Å². The average molecular weight is 267 g/mol. The van der Waals surface area contributed by atoms with E-state index in [-0.39, 0.29) is 11.9 Å². The molecule has 106 valence electrons. The second-order valence-corrected chi connectivity index (χ2v) is 4.93. The Morgan fingerprint density at radius 3 is 3.05 bits per heavy atom. The third-order valence-corrected chi connectivity index (χ3v) is 3.72. The summed E-state index contributed by atoms with van der Waals surface area (Å²) in [6.07, 6.45) is 7.55. The second-order valence-electron chi connectivity index (χ2n) is 4.93. The van der Waals surface area contributed by atoms with Crippen LogP contribution in [-0.2, 0) is 14.3 Å². The van der Waals surface area contributed by atoms with Crippen molar-refractivity contribution >= 4 is 5.91 Å². The molecule has 2 atom stereocenters. The minimum Gasteiger partial charge on any atom is -0.497 e. The fourth-order valence-corrected chi connectivity index (χ4v) is 2.75. The van der Waals surface area contributed by atoms with E-state index in [9.17, 15) is 9.90 Å². The smallest absolute Gasteiger partial charge is 0.266 e. The van der Waals surface area contributed by atoms with Crippen LogP contribution in [-0.4, -0.2) is 54.9 Å². The molecule has 0 saturated carbocycles. The molecule has 2 aliphatic rings. The van der Waals surface area contributed by atoms with E-state index < -0.39 is 5.60 Å². The number of rotatable bonds is 4. The summed E-state index contributed by atoms with van der Waals surface area (Å²) in [6.45, 7) is 1.15. The van der Waals surface area contributed by atoms with Crippen LogP contribution >= 0.6 is 0 Å². The third kappa shape index (κ3) is 2.53. The van der Waals surface area contributed by atoms with Gasteiger partial charge >= 0.3 is 0 Å². The van der Waals surface area contributed by atoms with Gasteiger partial charge in [-0.3, -0.25) is 4.79 Å². The predicted molar refractivity (Wildman–Crippen MR) is 70.4 cm³/mol. The molecule has 0 aromatic carbocycles. The molecule has 1 aliphatic carbocycles. The van der Waals surface area contributed by atoms with Crippen LogP contribution in [0.1, 0.15) is 19.3 Å². The first kappa shape index (κ1) is 14.1. The number of amides is 1. The molecule has 1 N–H and O–H groups in total. The lowest BCUT2D eigenvalue weighted by atomic mass is 9.93. The van der Waals surface area contributed by atoms with Gasteiger partial charge in [-0.15, -0.1) is 0 Å². The minimum absolute atomic E-state index is 0.0370. The Morgan fingerprint density at radius 1 is 1.58 bits per heavy atom. The number of likely N-dealkylation sites (tertiary alicyclic amines) is 1. The summed E-state index contributed by atoms with van der Waals surface area (Å²) in [7, 11) is 3.09. The van der Waals surface area contributed by atoms with Crippen LogP contribution < -0.4 is 0 Å². The molecule has 2 rings (SSSR count). The van der Waals surface area contributed by atoms with Gasteiger partial charge in [0.25, 0.3) is 5.91 Å². The molecule has 1 saturated heterocycles. The molecule has 0 aromatic heterocycles. The summed E-state index contributed by atoms with van der Waals surface area (Å²) in [5, 5.41) is 10.6. The zero-order valence-electron chi connectivity index (χ0n) is 11.5. The van der Waals surface area contributed by atoms with E-state index in [0.717, 1.165) is 12.8 Å². The quantitative estimate of drug-likeness (QED) is 0.767. The molecule has 1 aliphatic heterocycles. The van der Waals surface area contributed by atoms with Gasteiger partial charge in [-0.1, -0.05) is 6.08 Å². The van der Waals surface area contributed by atoms with E-state index in [1.54, 1.807) is 24.2 Å². The molecular weight excluding hydrogens is 246 g/mol. The van der Waals surface area contributed by atoms with Crippen molar-refractivity contribution in [3.8, 4) is 0 Å². The third-order valence-electron chi connectivity index (χ3n) is 3.72. The Kier molecular flexibility index (Phi) is 4.27. The number of allylic oxidation sites excluding steroid dienone is 2. The van der Waals surface area contributed by atoms with Crippen LogP contribution in [0.5, 0.6) is 0 Å². The average Bonchev–Trinajstić information content (AvgIpc) is 2.87. The standard InChI is InChI=1S/C14H21NO4/c1-18-10-11-6-5-9-15(11)13(16)14(17)8-4-3-7-12(14)19-2/h4,7-8,11,17H,3,5-6,9-10H2,1-2H3/t11-,14+/m0/s1. The number of aliphatic hydroxyl groups is 1. The summed E-state index contributed by atoms with van der Waals surface area (Å²) in [5.74, 6) is -0.0147. The summed E-state index contributed by atoms with van der Waals surface area (Å²) < 4.78 is 10.3. The van der Waals surface area contributed by atoms with E-state index >= 15 is 0 Å². The lowest BCUT2D eigenvalue weighted by Gasteiger charge is -2.34. The molecule has 1 amide bonds. The van der Waals surface area contributed by atoms with E-state index in [2.05, 4.69) is 0 Å². The number of nitrogens with zero attached hydrogens (tertiary/aromatic N) is 1. The Morgan fingerprint density at radius 2 is 2.37 bits per heavy atom. The van der Waals surface area contributed by atoms with Gasteiger partial charge in [0.15, 0.2) is 0 Å². The van der Waals surface area contributed by atoms with Gasteiger partial charge in [0.1, 0.15) is 5.76 Å². The molecule has 0 aromatic rings. The number of ether oxygens (including phenoxy) is 2. The maximum absolute atomic E-state index is 12.6. The van der Waals surface area contributed by atoms with Crippen LogP contribution in [0.2, 0.25) is 0 Å². The van der Waals surface area contributed by atoms with Gasteiger partial charge in [-0.2, -0.15) is 0 Å².